The number of urea groups is 1. The monoisotopic (exact) mass is 334 g/mol. The number of fused-ring (bicyclic) bond motifs is 2. The number of rotatable bonds is 4. The number of nitrogens with one attached hydrogen (secondary N) is 2. The van der Waals surface area contributed by atoms with E-state index in [1.54, 1.807) is 13.8 Å². The zero-order valence-corrected chi connectivity index (χ0v) is 13.0. The molecule has 0 radical (unpaired) electrons. The molecule has 0 aromatic rings. The van der Waals surface area contributed by atoms with Crippen molar-refractivity contribution in [3.63, 3.8) is 0 Å². The van der Waals surface area contributed by atoms with Gasteiger partial charge in [0.25, 0.3) is 0 Å². The lowest BCUT2D eigenvalue weighted by atomic mass is 10.00. The Morgan fingerprint density at radius 1 is 1.45 bits per heavy atom. The molecule has 0 saturated carbocycles. The maximum absolute atomic E-state index is 12.1. The van der Waals surface area contributed by atoms with Crippen LogP contribution in [-0.2, 0) is 19.5 Å². The number of amidine groups is 1. The average Bonchev–Trinajstić information content (AvgIpc) is 2.62. The predicted octanol–water partition coefficient (Wildman–Crippen LogP) is -0.261. The van der Waals surface area contributed by atoms with Gasteiger partial charge in [-0.2, -0.15) is 13.5 Å². The zero-order chi connectivity index (χ0) is 16.7. The molecule has 0 aromatic carbocycles. The molecule has 2 bridgehead atoms. The number of amides is 3. The van der Waals surface area contributed by atoms with E-state index in [2.05, 4.69) is 9.60 Å². The van der Waals surface area contributed by atoms with Gasteiger partial charge >= 0.3 is 16.4 Å². The van der Waals surface area contributed by atoms with E-state index in [1.807, 2.05) is 0 Å². The molecule has 0 spiro atoms. The van der Waals surface area contributed by atoms with Gasteiger partial charge in [0.2, 0.25) is 5.91 Å². The van der Waals surface area contributed by atoms with E-state index in [9.17, 15) is 18.0 Å². The molecule has 2 atom stereocenters. The molecule has 11 heteroatoms. The van der Waals surface area contributed by atoms with Crippen LogP contribution in [0, 0.1) is 11.3 Å². The van der Waals surface area contributed by atoms with Crippen LogP contribution < -0.4 is 5.32 Å². The van der Waals surface area contributed by atoms with Crippen LogP contribution in [0.2, 0.25) is 0 Å². The van der Waals surface area contributed by atoms with E-state index in [1.165, 1.54) is 4.90 Å². The van der Waals surface area contributed by atoms with Crippen molar-refractivity contribution in [1.29, 1.82) is 5.41 Å². The highest BCUT2D eigenvalue weighted by Gasteiger charge is 2.48. The molecule has 22 heavy (non-hydrogen) atoms. The molecule has 2 fully saturated rings. The number of piperidine rings is 1. The first-order chi connectivity index (χ1) is 10.1. The fourth-order valence-corrected chi connectivity index (χ4v) is 2.88. The number of hydrogen-bond acceptors (Lipinski definition) is 6. The summed E-state index contributed by atoms with van der Waals surface area (Å²) < 4.78 is 34.6. The number of hydrogen-bond donors (Lipinski definition) is 3. The van der Waals surface area contributed by atoms with Crippen LogP contribution >= 0.6 is 0 Å². The van der Waals surface area contributed by atoms with E-state index < -0.39 is 28.5 Å². The minimum atomic E-state index is -4.79. The predicted molar refractivity (Wildman–Crippen MR) is 74.1 cm³/mol. The summed E-state index contributed by atoms with van der Waals surface area (Å²) in [5.41, 5.74) is 0. The fraction of sp³-hybridized carbons (Fsp3) is 0.727. The topological polar surface area (TPSA) is 140 Å². The van der Waals surface area contributed by atoms with E-state index in [4.69, 9.17) is 9.96 Å². The number of carbonyl (C=O) groups is 2. The Balaban J connectivity index is 2.09. The Bertz CT molecular complexity index is 604. The average molecular weight is 334 g/mol. The molecule has 10 nitrogen and oxygen atoms in total. The SMILES string of the molecule is CC(C)C(=O)NC(=N)C1CC[C@@H]2CN1C(=O)N2OS(=O)(=O)O. The first-order valence-electron chi connectivity index (χ1n) is 6.76. The quantitative estimate of drug-likeness (QED) is 0.367. The first-order valence-corrected chi connectivity index (χ1v) is 8.13. The second-order valence-electron chi connectivity index (χ2n) is 5.57. The molecule has 2 aliphatic heterocycles. The Labute approximate surface area is 127 Å². The van der Waals surface area contributed by atoms with Gasteiger partial charge < -0.3 is 10.2 Å². The highest BCUT2D eigenvalue weighted by Crippen LogP contribution is 2.30. The lowest BCUT2D eigenvalue weighted by Crippen LogP contribution is -2.51. The largest absolute Gasteiger partial charge is 0.418 e. The first kappa shape index (κ1) is 16.6. The molecule has 3 amide bonds. The highest BCUT2D eigenvalue weighted by molar-refractivity contribution is 7.80. The fourth-order valence-electron chi connectivity index (χ4n) is 2.49. The van der Waals surface area contributed by atoms with Gasteiger partial charge in [-0.15, -0.1) is 4.28 Å². The summed E-state index contributed by atoms with van der Waals surface area (Å²) in [6.07, 6.45) is 0.779. The summed E-state index contributed by atoms with van der Waals surface area (Å²) in [7, 11) is -4.79. The van der Waals surface area contributed by atoms with Crippen molar-refractivity contribution in [2.75, 3.05) is 6.54 Å². The van der Waals surface area contributed by atoms with Gasteiger partial charge in [0.05, 0.1) is 12.1 Å². The van der Waals surface area contributed by atoms with Gasteiger partial charge in [-0.3, -0.25) is 14.8 Å². The van der Waals surface area contributed by atoms with Gasteiger partial charge in [0.1, 0.15) is 5.84 Å². The van der Waals surface area contributed by atoms with Gasteiger partial charge in [-0.25, -0.2) is 4.79 Å². The Morgan fingerprint density at radius 3 is 2.64 bits per heavy atom. The standard InChI is InChI=1S/C11H18N4O6S/c1-6(2)10(16)13-9(12)8-4-3-7-5-14(8)11(17)15(7)21-22(18,19)20/h6-8H,3-5H2,1-2H3,(H2,12,13,16)(H,18,19,20)/t7-,8?/m1/s1. The maximum Gasteiger partial charge on any atom is 0.418 e. The van der Waals surface area contributed by atoms with E-state index in [0.29, 0.717) is 17.9 Å². The molecule has 2 rings (SSSR count). The molecule has 1 unspecified atom stereocenters. The van der Waals surface area contributed by atoms with Crippen molar-refractivity contribution >= 4 is 28.2 Å². The van der Waals surface area contributed by atoms with Crippen molar-refractivity contribution in [3.8, 4) is 0 Å². The highest BCUT2D eigenvalue weighted by atomic mass is 32.3. The lowest BCUT2D eigenvalue weighted by Gasteiger charge is -2.30. The number of carbonyl (C=O) groups excluding carboxylic acids is 2. The minimum absolute atomic E-state index is 0.112. The summed E-state index contributed by atoms with van der Waals surface area (Å²) in [5, 5.41) is 11.0. The number of hydroxylamine groups is 2. The third-order valence-electron chi connectivity index (χ3n) is 3.61. The van der Waals surface area contributed by atoms with Crippen LogP contribution in [0.3, 0.4) is 0 Å². The van der Waals surface area contributed by atoms with Crippen molar-refractivity contribution in [2.45, 2.75) is 38.8 Å². The second-order valence-corrected chi connectivity index (χ2v) is 6.57. The minimum Gasteiger partial charge on any atom is -0.313 e. The Morgan fingerprint density at radius 2 is 2.09 bits per heavy atom. The van der Waals surface area contributed by atoms with Crippen LogP contribution in [0.4, 0.5) is 4.79 Å². The lowest BCUT2D eigenvalue weighted by molar-refractivity contribution is -0.122. The summed E-state index contributed by atoms with van der Waals surface area (Å²) in [6.45, 7) is 3.53. The van der Waals surface area contributed by atoms with Gasteiger partial charge in [0, 0.05) is 12.5 Å². The van der Waals surface area contributed by atoms with Gasteiger partial charge in [-0.05, 0) is 12.8 Å². The Hall–Kier alpha value is -1.72. The van der Waals surface area contributed by atoms with Crippen molar-refractivity contribution in [3.05, 3.63) is 0 Å². The van der Waals surface area contributed by atoms with Gasteiger partial charge in [0.15, 0.2) is 0 Å². The third kappa shape index (κ3) is 3.36. The maximum atomic E-state index is 12.1. The van der Waals surface area contributed by atoms with Crippen LogP contribution in [0.1, 0.15) is 26.7 Å². The Kier molecular flexibility index (Phi) is 4.40. The molecule has 3 N–H and O–H groups in total. The van der Waals surface area contributed by atoms with E-state index in [-0.39, 0.29) is 24.2 Å². The molecular formula is C11H18N4O6S. The van der Waals surface area contributed by atoms with Crippen molar-refractivity contribution < 1.29 is 26.8 Å². The van der Waals surface area contributed by atoms with Crippen LogP contribution in [0.25, 0.3) is 0 Å². The molecule has 2 aliphatic rings. The van der Waals surface area contributed by atoms with Gasteiger partial charge in [-0.1, -0.05) is 13.8 Å². The molecule has 2 heterocycles. The van der Waals surface area contributed by atoms with Crippen LogP contribution in [0.15, 0.2) is 0 Å². The summed E-state index contributed by atoms with van der Waals surface area (Å²) in [5.74, 6) is -0.741. The molecule has 0 aromatic heterocycles. The molecule has 2 saturated heterocycles. The second kappa shape index (κ2) is 5.82. The molecular weight excluding hydrogens is 316 g/mol. The molecule has 124 valence electrons. The summed E-state index contributed by atoms with van der Waals surface area (Å²) in [6, 6.07) is -1.92. The molecule has 0 aliphatic carbocycles. The van der Waals surface area contributed by atoms with Crippen LogP contribution in [-0.4, -0.2) is 59.3 Å². The normalized spacial score (nSPS) is 24.8. The van der Waals surface area contributed by atoms with Crippen molar-refractivity contribution in [1.82, 2.24) is 15.3 Å². The summed E-state index contributed by atoms with van der Waals surface area (Å²) in [4.78, 5) is 25.0. The zero-order valence-electron chi connectivity index (χ0n) is 12.1. The van der Waals surface area contributed by atoms with Crippen molar-refractivity contribution in [2.24, 2.45) is 5.92 Å². The van der Waals surface area contributed by atoms with E-state index >= 15 is 0 Å². The third-order valence-corrected chi connectivity index (χ3v) is 3.96. The van der Waals surface area contributed by atoms with Crippen LogP contribution in [0.5, 0.6) is 0 Å². The number of nitrogens with zero attached hydrogens (tertiary/aromatic N) is 2. The summed E-state index contributed by atoms with van der Waals surface area (Å²) >= 11 is 0. The van der Waals surface area contributed by atoms with E-state index in [0.717, 1.165) is 0 Å². The smallest absolute Gasteiger partial charge is 0.313 e.